The summed E-state index contributed by atoms with van der Waals surface area (Å²) in [6, 6.07) is 8.16. The number of aryl methyl sites for hydroxylation is 2. The first kappa shape index (κ1) is 16.8. The van der Waals surface area contributed by atoms with Crippen LogP contribution in [0.2, 0.25) is 5.02 Å². The fraction of sp³-hybridized carbons (Fsp3) is 0.444. The van der Waals surface area contributed by atoms with Crippen LogP contribution in [0.25, 0.3) is 0 Å². The third kappa shape index (κ3) is 3.56. The second kappa shape index (κ2) is 6.85. The third-order valence-corrected chi connectivity index (χ3v) is 4.99. The molecule has 24 heavy (non-hydrogen) atoms. The number of hydrogen-bond donors (Lipinski definition) is 2. The first-order chi connectivity index (χ1) is 11.5. The van der Waals surface area contributed by atoms with E-state index in [1.807, 2.05) is 26.0 Å². The van der Waals surface area contributed by atoms with E-state index in [1.54, 1.807) is 7.05 Å². The minimum absolute atomic E-state index is 0.200. The molecule has 6 heteroatoms. The van der Waals surface area contributed by atoms with Gasteiger partial charge in [0.05, 0.1) is 5.69 Å². The smallest absolute Gasteiger partial charge is 0.191 e. The van der Waals surface area contributed by atoms with Crippen LogP contribution in [0.3, 0.4) is 0 Å². The lowest BCUT2D eigenvalue weighted by Gasteiger charge is -2.19. The Balaban J connectivity index is 1.57. The minimum Gasteiger partial charge on any atom is -0.361 e. The number of hydrogen-bond acceptors (Lipinski definition) is 3. The Hall–Kier alpha value is -2.01. The number of guanidine groups is 1. The van der Waals surface area contributed by atoms with E-state index in [-0.39, 0.29) is 5.41 Å². The second-order valence-corrected chi connectivity index (χ2v) is 6.81. The summed E-state index contributed by atoms with van der Waals surface area (Å²) in [6.07, 6.45) is 2.37. The molecule has 0 saturated heterocycles. The predicted molar refractivity (Wildman–Crippen MR) is 96.5 cm³/mol. The Bertz CT molecular complexity index is 712. The lowest BCUT2D eigenvalue weighted by Crippen LogP contribution is -2.41. The van der Waals surface area contributed by atoms with Crippen molar-refractivity contribution in [1.29, 1.82) is 0 Å². The van der Waals surface area contributed by atoms with Gasteiger partial charge >= 0.3 is 0 Å². The van der Waals surface area contributed by atoms with Gasteiger partial charge in [0, 0.05) is 36.1 Å². The Labute approximate surface area is 147 Å². The van der Waals surface area contributed by atoms with Crippen molar-refractivity contribution in [2.45, 2.75) is 38.6 Å². The maximum absolute atomic E-state index is 5.99. The number of aromatic nitrogens is 1. The van der Waals surface area contributed by atoms with Gasteiger partial charge < -0.3 is 15.2 Å². The summed E-state index contributed by atoms with van der Waals surface area (Å²) in [5.74, 6) is 1.63. The molecule has 0 atom stereocenters. The van der Waals surface area contributed by atoms with Gasteiger partial charge in [0.2, 0.25) is 0 Å². The van der Waals surface area contributed by atoms with E-state index in [4.69, 9.17) is 16.1 Å². The molecule has 128 valence electrons. The van der Waals surface area contributed by atoms with Crippen LogP contribution in [-0.4, -0.2) is 24.7 Å². The van der Waals surface area contributed by atoms with Crippen LogP contribution < -0.4 is 10.6 Å². The maximum atomic E-state index is 5.99. The molecule has 1 aliphatic carbocycles. The normalized spacial score (nSPS) is 16.1. The van der Waals surface area contributed by atoms with Crippen molar-refractivity contribution in [3.8, 4) is 0 Å². The van der Waals surface area contributed by atoms with Gasteiger partial charge in [-0.15, -0.1) is 0 Å². The molecule has 1 aromatic heterocycles. The SMILES string of the molecule is CN=C(NCc1c(C)noc1C)NCC1(c2ccc(Cl)cc2)CC1. The van der Waals surface area contributed by atoms with Crippen molar-refractivity contribution in [3.05, 3.63) is 51.9 Å². The average Bonchev–Trinajstić information content (AvgIpc) is 3.30. The van der Waals surface area contributed by atoms with Crippen LogP contribution in [0, 0.1) is 13.8 Å². The second-order valence-electron chi connectivity index (χ2n) is 6.37. The summed E-state index contributed by atoms with van der Waals surface area (Å²) in [5.41, 5.74) is 3.53. The lowest BCUT2D eigenvalue weighted by atomic mass is 9.96. The molecule has 1 heterocycles. The van der Waals surface area contributed by atoms with Crippen molar-refractivity contribution >= 4 is 17.6 Å². The highest BCUT2D eigenvalue weighted by Crippen LogP contribution is 2.47. The zero-order valence-corrected chi connectivity index (χ0v) is 15.1. The first-order valence-corrected chi connectivity index (χ1v) is 8.54. The van der Waals surface area contributed by atoms with Gasteiger partial charge in [-0.2, -0.15) is 0 Å². The zero-order valence-electron chi connectivity index (χ0n) is 14.3. The molecule has 0 radical (unpaired) electrons. The molecule has 0 amide bonds. The third-order valence-electron chi connectivity index (χ3n) is 4.74. The summed E-state index contributed by atoms with van der Waals surface area (Å²) in [7, 11) is 1.78. The fourth-order valence-electron chi connectivity index (χ4n) is 2.92. The van der Waals surface area contributed by atoms with Crippen LogP contribution in [0.15, 0.2) is 33.8 Å². The number of nitrogens with one attached hydrogen (secondary N) is 2. The van der Waals surface area contributed by atoms with Crippen LogP contribution >= 0.6 is 11.6 Å². The van der Waals surface area contributed by atoms with Crippen molar-refractivity contribution in [2.75, 3.05) is 13.6 Å². The van der Waals surface area contributed by atoms with E-state index < -0.39 is 0 Å². The summed E-state index contributed by atoms with van der Waals surface area (Å²) < 4.78 is 5.19. The highest BCUT2D eigenvalue weighted by Gasteiger charge is 2.44. The molecule has 0 spiro atoms. The van der Waals surface area contributed by atoms with E-state index in [1.165, 1.54) is 18.4 Å². The quantitative estimate of drug-likeness (QED) is 0.644. The van der Waals surface area contributed by atoms with E-state index in [0.717, 1.165) is 34.5 Å². The maximum Gasteiger partial charge on any atom is 0.191 e. The summed E-state index contributed by atoms with van der Waals surface area (Å²) in [6.45, 7) is 5.38. The number of halogens is 1. The zero-order chi connectivity index (χ0) is 17.2. The predicted octanol–water partition coefficient (Wildman–Crippen LogP) is 3.34. The molecular formula is C18H23ClN4O. The summed E-state index contributed by atoms with van der Waals surface area (Å²) in [4.78, 5) is 4.31. The van der Waals surface area contributed by atoms with E-state index in [2.05, 4.69) is 32.9 Å². The largest absolute Gasteiger partial charge is 0.361 e. The molecule has 0 aliphatic heterocycles. The molecule has 0 bridgehead atoms. The molecule has 1 fully saturated rings. The van der Waals surface area contributed by atoms with Crippen molar-refractivity contribution in [1.82, 2.24) is 15.8 Å². The molecule has 1 aliphatic rings. The highest BCUT2D eigenvalue weighted by atomic mass is 35.5. The molecule has 0 unspecified atom stereocenters. The monoisotopic (exact) mass is 346 g/mol. The van der Waals surface area contributed by atoms with Gasteiger partial charge in [-0.05, 0) is 44.4 Å². The molecule has 1 aromatic carbocycles. The number of rotatable bonds is 5. The summed E-state index contributed by atoms with van der Waals surface area (Å²) in [5, 5.41) is 11.5. The van der Waals surface area contributed by atoms with Crippen LogP contribution in [-0.2, 0) is 12.0 Å². The minimum atomic E-state index is 0.200. The number of benzene rings is 1. The molecular weight excluding hydrogens is 324 g/mol. The van der Waals surface area contributed by atoms with Crippen LogP contribution in [0.4, 0.5) is 0 Å². The Morgan fingerprint density at radius 1 is 1.25 bits per heavy atom. The topological polar surface area (TPSA) is 62.5 Å². The Kier molecular flexibility index (Phi) is 4.81. The van der Waals surface area contributed by atoms with Gasteiger partial charge in [-0.3, -0.25) is 4.99 Å². The van der Waals surface area contributed by atoms with Gasteiger partial charge in [0.25, 0.3) is 0 Å². The Morgan fingerprint density at radius 3 is 2.50 bits per heavy atom. The van der Waals surface area contributed by atoms with E-state index >= 15 is 0 Å². The number of aliphatic imine (C=N–C) groups is 1. The van der Waals surface area contributed by atoms with E-state index in [9.17, 15) is 0 Å². The molecule has 2 N–H and O–H groups in total. The lowest BCUT2D eigenvalue weighted by molar-refractivity contribution is 0.392. The summed E-state index contributed by atoms with van der Waals surface area (Å²) >= 11 is 5.99. The van der Waals surface area contributed by atoms with Crippen LogP contribution in [0.1, 0.15) is 35.4 Å². The van der Waals surface area contributed by atoms with Gasteiger partial charge in [-0.25, -0.2) is 0 Å². The van der Waals surface area contributed by atoms with Crippen molar-refractivity contribution in [2.24, 2.45) is 4.99 Å². The number of nitrogens with zero attached hydrogens (tertiary/aromatic N) is 2. The van der Waals surface area contributed by atoms with Crippen LogP contribution in [0.5, 0.6) is 0 Å². The first-order valence-electron chi connectivity index (χ1n) is 8.16. The molecule has 5 nitrogen and oxygen atoms in total. The fourth-order valence-corrected chi connectivity index (χ4v) is 3.05. The van der Waals surface area contributed by atoms with Crippen molar-refractivity contribution < 1.29 is 4.52 Å². The van der Waals surface area contributed by atoms with Gasteiger partial charge in [-0.1, -0.05) is 28.9 Å². The van der Waals surface area contributed by atoms with Gasteiger partial charge in [0.1, 0.15) is 5.76 Å². The standard InChI is InChI=1S/C18H23ClN4O/c1-12-16(13(2)24-23-12)10-21-17(20-3)22-11-18(8-9-18)14-4-6-15(19)7-5-14/h4-7H,8-11H2,1-3H3,(H2,20,21,22). The van der Waals surface area contributed by atoms with Crippen molar-refractivity contribution in [3.63, 3.8) is 0 Å². The van der Waals surface area contributed by atoms with Gasteiger partial charge in [0.15, 0.2) is 5.96 Å². The van der Waals surface area contributed by atoms with E-state index in [0.29, 0.717) is 6.54 Å². The average molecular weight is 347 g/mol. The molecule has 3 rings (SSSR count). The Morgan fingerprint density at radius 2 is 1.96 bits per heavy atom. The molecule has 2 aromatic rings. The molecule has 1 saturated carbocycles. The highest BCUT2D eigenvalue weighted by molar-refractivity contribution is 6.30.